The third-order valence-electron chi connectivity index (χ3n) is 5.22. The molecule has 1 amide bonds. The van der Waals surface area contributed by atoms with Crippen LogP contribution in [0.2, 0.25) is 0 Å². The van der Waals surface area contributed by atoms with Gasteiger partial charge in [-0.1, -0.05) is 26.0 Å². The molecule has 4 nitrogen and oxygen atoms in total. The Morgan fingerprint density at radius 2 is 1.85 bits per heavy atom. The third-order valence-corrected chi connectivity index (χ3v) is 5.22. The molecule has 1 aliphatic rings. The second-order valence-electron chi connectivity index (χ2n) is 7.94. The van der Waals surface area contributed by atoms with E-state index in [9.17, 15) is 14.0 Å². The lowest BCUT2D eigenvalue weighted by molar-refractivity contribution is 0.0704. The fraction of sp³-hybridized carbons (Fsp3) is 0.429. The summed E-state index contributed by atoms with van der Waals surface area (Å²) in [6, 6.07) is 5.83. The van der Waals surface area contributed by atoms with Crippen LogP contribution in [-0.4, -0.2) is 23.6 Å². The van der Waals surface area contributed by atoms with Gasteiger partial charge in [-0.3, -0.25) is 9.59 Å². The normalized spacial score (nSPS) is 16.9. The van der Waals surface area contributed by atoms with Crippen molar-refractivity contribution in [2.45, 2.75) is 46.6 Å². The minimum Gasteiger partial charge on any atom is -0.455 e. The van der Waals surface area contributed by atoms with Gasteiger partial charge in [0.05, 0.1) is 11.6 Å². The smallest absolute Gasteiger partial charge is 0.290 e. The van der Waals surface area contributed by atoms with Crippen molar-refractivity contribution in [1.29, 1.82) is 0 Å². The zero-order valence-corrected chi connectivity index (χ0v) is 15.9. The number of hydrogen-bond donors (Lipinski definition) is 0. The lowest BCUT2D eigenvalue weighted by atomic mass is 9.76. The van der Waals surface area contributed by atoms with Crippen molar-refractivity contribution >= 4 is 11.7 Å². The van der Waals surface area contributed by atoms with Crippen LogP contribution in [0, 0.1) is 18.2 Å². The Hall–Kier alpha value is -2.43. The zero-order valence-electron chi connectivity index (χ0n) is 15.9. The predicted octanol–water partition coefficient (Wildman–Crippen LogP) is 4.72. The Labute approximate surface area is 153 Å². The Balaban J connectivity index is 1.91. The molecule has 0 saturated carbocycles. The molecular formula is C21H24FNO3. The quantitative estimate of drug-likeness (QED) is 0.799. The Morgan fingerprint density at radius 3 is 2.46 bits per heavy atom. The number of carbonyl (C=O) groups excluding carboxylic acids is 2. The summed E-state index contributed by atoms with van der Waals surface area (Å²) in [7, 11) is 1.68. The summed E-state index contributed by atoms with van der Waals surface area (Å²) in [5, 5.41) is 0. The molecule has 138 valence electrons. The van der Waals surface area contributed by atoms with Crippen molar-refractivity contribution in [1.82, 2.24) is 4.90 Å². The van der Waals surface area contributed by atoms with E-state index in [1.54, 1.807) is 31.0 Å². The van der Waals surface area contributed by atoms with Crippen LogP contribution < -0.4 is 0 Å². The van der Waals surface area contributed by atoms with Gasteiger partial charge < -0.3 is 9.32 Å². The van der Waals surface area contributed by atoms with E-state index in [2.05, 4.69) is 0 Å². The van der Waals surface area contributed by atoms with Gasteiger partial charge in [-0.2, -0.15) is 0 Å². The molecule has 1 unspecified atom stereocenters. The van der Waals surface area contributed by atoms with Gasteiger partial charge in [0.15, 0.2) is 11.5 Å². The van der Waals surface area contributed by atoms with Crippen molar-refractivity contribution in [3.63, 3.8) is 0 Å². The fourth-order valence-electron chi connectivity index (χ4n) is 3.59. The number of fused-ring (bicyclic) bond motifs is 1. The number of nitrogens with zero attached hydrogens (tertiary/aromatic N) is 1. The number of hydrogen-bond acceptors (Lipinski definition) is 3. The summed E-state index contributed by atoms with van der Waals surface area (Å²) in [5.74, 6) is 0.267. The highest BCUT2D eigenvalue weighted by Crippen LogP contribution is 2.39. The topological polar surface area (TPSA) is 50.5 Å². The van der Waals surface area contributed by atoms with Crippen LogP contribution in [0.5, 0.6) is 0 Å². The maximum atomic E-state index is 13.1. The molecule has 1 atom stereocenters. The molecule has 26 heavy (non-hydrogen) atoms. The molecule has 5 heteroatoms. The van der Waals surface area contributed by atoms with Gasteiger partial charge >= 0.3 is 0 Å². The van der Waals surface area contributed by atoms with Crippen LogP contribution in [-0.2, 0) is 6.42 Å². The van der Waals surface area contributed by atoms with E-state index in [0.717, 1.165) is 5.56 Å². The van der Waals surface area contributed by atoms with Gasteiger partial charge in [0.2, 0.25) is 0 Å². The van der Waals surface area contributed by atoms with E-state index in [1.807, 2.05) is 20.8 Å². The molecule has 0 fully saturated rings. The first-order valence-corrected chi connectivity index (χ1v) is 8.79. The SMILES string of the molecule is Cc1c(C(=O)N(C)C(C)c2ccc(F)cc2)oc2c1C(=O)CC(C)(C)C2. The second-order valence-corrected chi connectivity index (χ2v) is 7.94. The first-order valence-electron chi connectivity index (χ1n) is 8.79. The summed E-state index contributed by atoms with van der Waals surface area (Å²) in [6.07, 6.45) is 1.09. The first kappa shape index (κ1) is 18.4. The molecule has 2 aromatic rings. The second kappa shape index (κ2) is 6.38. The number of Topliss-reactive ketones (excluding diaryl/α,β-unsaturated/α-hetero) is 1. The maximum absolute atomic E-state index is 13.1. The average Bonchev–Trinajstić information content (AvgIpc) is 2.88. The van der Waals surface area contributed by atoms with Crippen LogP contribution in [0.15, 0.2) is 28.7 Å². The molecule has 1 aliphatic carbocycles. The van der Waals surface area contributed by atoms with Crippen LogP contribution >= 0.6 is 0 Å². The third kappa shape index (κ3) is 3.18. The van der Waals surface area contributed by atoms with Gasteiger partial charge in [0.25, 0.3) is 5.91 Å². The molecule has 1 aromatic heterocycles. The Kier molecular flexibility index (Phi) is 4.51. The van der Waals surface area contributed by atoms with Gasteiger partial charge in [-0.05, 0) is 37.0 Å². The molecular weight excluding hydrogens is 333 g/mol. The minimum atomic E-state index is -0.314. The molecule has 0 aliphatic heterocycles. The lowest BCUT2D eigenvalue weighted by Gasteiger charge is -2.27. The molecule has 0 saturated heterocycles. The van der Waals surface area contributed by atoms with E-state index in [1.165, 1.54) is 12.1 Å². The zero-order chi connectivity index (χ0) is 19.2. The highest BCUT2D eigenvalue weighted by Gasteiger charge is 2.37. The fourth-order valence-corrected chi connectivity index (χ4v) is 3.59. The van der Waals surface area contributed by atoms with Gasteiger partial charge in [-0.25, -0.2) is 4.39 Å². The summed E-state index contributed by atoms with van der Waals surface area (Å²) < 4.78 is 19.0. The number of halogens is 1. The largest absolute Gasteiger partial charge is 0.455 e. The lowest BCUT2D eigenvalue weighted by Crippen LogP contribution is -2.30. The van der Waals surface area contributed by atoms with E-state index < -0.39 is 0 Å². The van der Waals surface area contributed by atoms with E-state index >= 15 is 0 Å². The van der Waals surface area contributed by atoms with Crippen LogP contribution in [0.4, 0.5) is 4.39 Å². The summed E-state index contributed by atoms with van der Waals surface area (Å²) in [5.41, 5.74) is 1.84. The van der Waals surface area contributed by atoms with Crippen molar-refractivity contribution in [2.75, 3.05) is 7.05 Å². The average molecular weight is 357 g/mol. The number of furan rings is 1. The highest BCUT2D eigenvalue weighted by molar-refractivity contribution is 6.03. The number of amides is 1. The number of rotatable bonds is 3. The van der Waals surface area contributed by atoms with Crippen LogP contribution in [0.25, 0.3) is 0 Å². The molecule has 0 spiro atoms. The van der Waals surface area contributed by atoms with Gasteiger partial charge in [-0.15, -0.1) is 0 Å². The summed E-state index contributed by atoms with van der Waals surface area (Å²) in [4.78, 5) is 27.0. The minimum absolute atomic E-state index is 0.0331. The van der Waals surface area contributed by atoms with Crippen molar-refractivity contribution in [2.24, 2.45) is 5.41 Å². The summed E-state index contributed by atoms with van der Waals surface area (Å²) >= 11 is 0. The van der Waals surface area contributed by atoms with Gasteiger partial charge in [0.1, 0.15) is 11.6 Å². The number of benzene rings is 1. The van der Waals surface area contributed by atoms with Crippen molar-refractivity contribution in [3.8, 4) is 0 Å². The van der Waals surface area contributed by atoms with E-state index in [0.29, 0.717) is 29.7 Å². The molecule has 0 radical (unpaired) electrons. The number of carbonyl (C=O) groups is 2. The van der Waals surface area contributed by atoms with Crippen molar-refractivity contribution < 1.29 is 18.4 Å². The Morgan fingerprint density at radius 1 is 1.23 bits per heavy atom. The standard InChI is InChI=1S/C21H24FNO3/c1-12-18-16(24)10-21(3,4)11-17(18)26-19(12)20(25)23(5)13(2)14-6-8-15(22)9-7-14/h6-9,13H,10-11H2,1-5H3. The van der Waals surface area contributed by atoms with Crippen molar-refractivity contribution in [3.05, 3.63) is 58.3 Å². The van der Waals surface area contributed by atoms with Gasteiger partial charge in [0, 0.05) is 25.5 Å². The van der Waals surface area contributed by atoms with E-state index in [4.69, 9.17) is 4.42 Å². The summed E-state index contributed by atoms with van der Waals surface area (Å²) in [6.45, 7) is 7.69. The number of ketones is 1. The molecule has 0 N–H and O–H groups in total. The molecule has 0 bridgehead atoms. The Bertz CT molecular complexity index is 864. The monoisotopic (exact) mass is 357 g/mol. The van der Waals surface area contributed by atoms with Crippen LogP contribution in [0.1, 0.15) is 71.0 Å². The van der Waals surface area contributed by atoms with E-state index in [-0.39, 0.29) is 34.7 Å². The maximum Gasteiger partial charge on any atom is 0.290 e. The highest BCUT2D eigenvalue weighted by atomic mass is 19.1. The first-order chi connectivity index (χ1) is 12.1. The molecule has 3 rings (SSSR count). The molecule has 1 aromatic carbocycles. The van der Waals surface area contributed by atoms with Crippen LogP contribution in [0.3, 0.4) is 0 Å². The predicted molar refractivity (Wildman–Crippen MR) is 96.8 cm³/mol. The molecule has 1 heterocycles.